The van der Waals surface area contributed by atoms with Gasteiger partial charge in [0.25, 0.3) is 5.56 Å². The number of aryl methyl sites for hydroxylation is 1. The Morgan fingerprint density at radius 3 is 3.00 bits per heavy atom. The number of imidazole rings is 1. The predicted octanol–water partition coefficient (Wildman–Crippen LogP) is 1.57. The fraction of sp³-hybridized carbons (Fsp3) is 0.267. The molecule has 0 spiro atoms. The van der Waals surface area contributed by atoms with E-state index in [1.165, 1.54) is 6.42 Å². The summed E-state index contributed by atoms with van der Waals surface area (Å²) in [6, 6.07) is 5.17. The summed E-state index contributed by atoms with van der Waals surface area (Å²) in [5, 5.41) is 0.507. The van der Waals surface area contributed by atoms with Crippen molar-refractivity contribution < 1.29 is 0 Å². The maximum absolute atomic E-state index is 12.2. The summed E-state index contributed by atoms with van der Waals surface area (Å²) in [6.07, 6.45) is 6.03. The molecule has 21 heavy (non-hydrogen) atoms. The SMILES string of the molecule is Nc1ccc2nc(-n3cnc4c3CCCC4)[nH]c(=O)c2c1. The van der Waals surface area contributed by atoms with Crippen molar-refractivity contribution in [2.45, 2.75) is 25.7 Å². The third kappa shape index (κ3) is 1.91. The molecule has 0 radical (unpaired) electrons. The van der Waals surface area contributed by atoms with Crippen molar-refractivity contribution in [1.82, 2.24) is 19.5 Å². The highest BCUT2D eigenvalue weighted by molar-refractivity contribution is 5.81. The van der Waals surface area contributed by atoms with Crippen molar-refractivity contribution in [3.05, 3.63) is 46.3 Å². The van der Waals surface area contributed by atoms with Crippen molar-refractivity contribution in [2.75, 3.05) is 5.73 Å². The van der Waals surface area contributed by atoms with Gasteiger partial charge in [-0.3, -0.25) is 14.3 Å². The average Bonchev–Trinajstić information content (AvgIpc) is 2.92. The van der Waals surface area contributed by atoms with Gasteiger partial charge in [0.2, 0.25) is 5.95 Å². The first-order chi connectivity index (χ1) is 10.2. The van der Waals surface area contributed by atoms with E-state index >= 15 is 0 Å². The Hall–Kier alpha value is -2.63. The van der Waals surface area contributed by atoms with E-state index in [2.05, 4.69) is 15.0 Å². The molecule has 0 aliphatic heterocycles. The molecule has 4 rings (SSSR count). The Balaban J connectivity index is 1.93. The first-order valence-electron chi connectivity index (χ1n) is 7.07. The summed E-state index contributed by atoms with van der Waals surface area (Å²) in [6.45, 7) is 0. The number of fused-ring (bicyclic) bond motifs is 2. The number of aromatic amines is 1. The van der Waals surface area contributed by atoms with Crippen LogP contribution in [0.4, 0.5) is 5.69 Å². The third-order valence-electron chi connectivity index (χ3n) is 3.98. The van der Waals surface area contributed by atoms with Crippen molar-refractivity contribution >= 4 is 16.6 Å². The highest BCUT2D eigenvalue weighted by Crippen LogP contribution is 2.22. The van der Waals surface area contributed by atoms with Gasteiger partial charge in [-0.1, -0.05) is 0 Å². The monoisotopic (exact) mass is 281 g/mol. The molecule has 1 aliphatic carbocycles. The zero-order valence-electron chi connectivity index (χ0n) is 11.5. The molecule has 2 aromatic heterocycles. The molecule has 106 valence electrons. The van der Waals surface area contributed by atoms with E-state index in [9.17, 15) is 4.79 Å². The minimum absolute atomic E-state index is 0.180. The average molecular weight is 281 g/mol. The minimum atomic E-state index is -0.180. The van der Waals surface area contributed by atoms with Gasteiger partial charge in [0.15, 0.2) is 0 Å². The number of hydrogen-bond acceptors (Lipinski definition) is 4. The Kier molecular flexibility index (Phi) is 2.57. The first-order valence-corrected chi connectivity index (χ1v) is 7.07. The highest BCUT2D eigenvalue weighted by atomic mass is 16.1. The smallest absolute Gasteiger partial charge is 0.260 e. The van der Waals surface area contributed by atoms with E-state index in [4.69, 9.17) is 5.73 Å². The normalized spacial score (nSPS) is 14.3. The summed E-state index contributed by atoms with van der Waals surface area (Å²) in [5.74, 6) is 0.521. The molecule has 0 atom stereocenters. The number of aromatic nitrogens is 4. The second-order valence-corrected chi connectivity index (χ2v) is 5.38. The van der Waals surface area contributed by atoms with Crippen LogP contribution in [-0.4, -0.2) is 19.5 Å². The predicted molar refractivity (Wildman–Crippen MR) is 80.5 cm³/mol. The van der Waals surface area contributed by atoms with Crippen molar-refractivity contribution in [2.24, 2.45) is 0 Å². The summed E-state index contributed by atoms with van der Waals surface area (Å²) in [7, 11) is 0. The maximum atomic E-state index is 12.2. The third-order valence-corrected chi connectivity index (χ3v) is 3.98. The number of nitrogen functional groups attached to an aromatic ring is 1. The van der Waals surface area contributed by atoms with E-state index in [0.29, 0.717) is 22.5 Å². The van der Waals surface area contributed by atoms with Gasteiger partial charge in [0.1, 0.15) is 6.33 Å². The molecular weight excluding hydrogens is 266 g/mol. The van der Waals surface area contributed by atoms with E-state index in [1.54, 1.807) is 24.5 Å². The number of nitrogens with two attached hydrogens (primary N) is 1. The number of H-pyrrole nitrogens is 1. The molecule has 3 aromatic rings. The molecule has 6 nitrogen and oxygen atoms in total. The van der Waals surface area contributed by atoms with Crippen LogP contribution in [0.15, 0.2) is 29.3 Å². The number of anilines is 1. The largest absolute Gasteiger partial charge is 0.399 e. The molecule has 0 saturated carbocycles. The lowest BCUT2D eigenvalue weighted by Gasteiger charge is -2.13. The summed E-state index contributed by atoms with van der Waals surface area (Å²) >= 11 is 0. The van der Waals surface area contributed by atoms with E-state index in [0.717, 1.165) is 30.7 Å². The Labute approximate surface area is 120 Å². The highest BCUT2D eigenvalue weighted by Gasteiger charge is 2.17. The molecule has 0 fully saturated rings. The minimum Gasteiger partial charge on any atom is -0.399 e. The molecule has 0 saturated heterocycles. The summed E-state index contributed by atoms with van der Waals surface area (Å²) in [4.78, 5) is 24.0. The standard InChI is InChI=1S/C15H15N5O/c16-9-5-6-11-10(7-9)14(21)19-15(18-11)20-8-17-12-3-1-2-4-13(12)20/h5-8H,1-4,16H2,(H,18,19,21). The lowest BCUT2D eigenvalue weighted by Crippen LogP contribution is -2.15. The van der Waals surface area contributed by atoms with Crippen LogP contribution in [0.25, 0.3) is 16.9 Å². The molecule has 0 unspecified atom stereocenters. The zero-order chi connectivity index (χ0) is 14.4. The van der Waals surface area contributed by atoms with E-state index in [-0.39, 0.29) is 5.56 Å². The zero-order valence-corrected chi connectivity index (χ0v) is 11.5. The van der Waals surface area contributed by atoms with Crippen LogP contribution in [0, 0.1) is 0 Å². The lowest BCUT2D eigenvalue weighted by molar-refractivity contribution is 0.651. The van der Waals surface area contributed by atoms with Gasteiger partial charge in [-0.05, 0) is 43.9 Å². The number of nitrogens with one attached hydrogen (secondary N) is 1. The Morgan fingerprint density at radius 1 is 1.24 bits per heavy atom. The number of nitrogens with zero attached hydrogens (tertiary/aromatic N) is 3. The van der Waals surface area contributed by atoms with Crippen LogP contribution in [0.2, 0.25) is 0 Å². The molecule has 1 aromatic carbocycles. The van der Waals surface area contributed by atoms with Gasteiger partial charge in [-0.25, -0.2) is 9.97 Å². The topological polar surface area (TPSA) is 89.6 Å². The number of hydrogen-bond donors (Lipinski definition) is 2. The molecular formula is C15H15N5O. The van der Waals surface area contributed by atoms with Crippen LogP contribution >= 0.6 is 0 Å². The molecule has 0 bridgehead atoms. The second-order valence-electron chi connectivity index (χ2n) is 5.38. The lowest BCUT2D eigenvalue weighted by atomic mass is 10.0. The van der Waals surface area contributed by atoms with Crippen LogP contribution in [0.5, 0.6) is 0 Å². The Bertz CT molecular complexity index is 893. The fourth-order valence-corrected chi connectivity index (χ4v) is 2.91. The van der Waals surface area contributed by atoms with Gasteiger partial charge in [-0.2, -0.15) is 0 Å². The molecule has 3 N–H and O–H groups in total. The van der Waals surface area contributed by atoms with Crippen LogP contribution in [0.1, 0.15) is 24.2 Å². The van der Waals surface area contributed by atoms with E-state index < -0.39 is 0 Å². The fourth-order valence-electron chi connectivity index (χ4n) is 2.91. The number of benzene rings is 1. The van der Waals surface area contributed by atoms with Gasteiger partial charge >= 0.3 is 0 Å². The maximum Gasteiger partial charge on any atom is 0.260 e. The quantitative estimate of drug-likeness (QED) is 0.662. The van der Waals surface area contributed by atoms with Crippen molar-refractivity contribution in [3.8, 4) is 5.95 Å². The van der Waals surface area contributed by atoms with Crippen LogP contribution in [-0.2, 0) is 12.8 Å². The van der Waals surface area contributed by atoms with Crippen LogP contribution in [0.3, 0.4) is 0 Å². The van der Waals surface area contributed by atoms with Crippen molar-refractivity contribution in [1.29, 1.82) is 0 Å². The Morgan fingerprint density at radius 2 is 2.10 bits per heavy atom. The van der Waals surface area contributed by atoms with Crippen molar-refractivity contribution in [3.63, 3.8) is 0 Å². The first kappa shape index (κ1) is 12.1. The summed E-state index contributed by atoms with van der Waals surface area (Å²) < 4.78 is 1.89. The molecule has 0 amide bonds. The van der Waals surface area contributed by atoms with Gasteiger partial charge in [-0.15, -0.1) is 0 Å². The second kappa shape index (κ2) is 4.44. The molecule has 1 aliphatic rings. The molecule has 6 heteroatoms. The van der Waals surface area contributed by atoms with E-state index in [1.807, 2.05) is 4.57 Å². The number of rotatable bonds is 1. The molecule has 2 heterocycles. The summed E-state index contributed by atoms with van der Waals surface area (Å²) in [5.41, 5.74) is 9.00. The van der Waals surface area contributed by atoms with Gasteiger partial charge < -0.3 is 5.73 Å². The van der Waals surface area contributed by atoms with Gasteiger partial charge in [0, 0.05) is 11.4 Å². The van der Waals surface area contributed by atoms with Crippen LogP contribution < -0.4 is 11.3 Å². The van der Waals surface area contributed by atoms with Gasteiger partial charge in [0.05, 0.1) is 16.6 Å².